The Morgan fingerprint density at radius 1 is 1.20 bits per heavy atom. The molecule has 2 aromatic carbocycles. The minimum atomic E-state index is -0.0677. The molecule has 126 valence electrons. The second-order valence-corrected chi connectivity index (χ2v) is 7.06. The summed E-state index contributed by atoms with van der Waals surface area (Å²) in [5.74, 6) is 0.518. The molecule has 1 aromatic heterocycles. The number of halogens is 2. The van der Waals surface area contributed by atoms with E-state index in [0.29, 0.717) is 20.8 Å². The van der Waals surface area contributed by atoms with Crippen LogP contribution in [-0.2, 0) is 7.05 Å². The van der Waals surface area contributed by atoms with Gasteiger partial charge in [-0.25, -0.2) is 4.98 Å². The second-order valence-electron chi connectivity index (χ2n) is 5.26. The number of allylic oxidation sites excluding steroid dienone is 1. The Morgan fingerprint density at radius 3 is 2.52 bits per heavy atom. The van der Waals surface area contributed by atoms with Crippen molar-refractivity contribution < 1.29 is 5.11 Å². The first kappa shape index (κ1) is 17.7. The van der Waals surface area contributed by atoms with E-state index in [1.165, 1.54) is 11.8 Å². The number of imidazole rings is 1. The first-order valence-electron chi connectivity index (χ1n) is 7.33. The minimum absolute atomic E-state index is 0.0677. The Morgan fingerprint density at radius 2 is 1.88 bits per heavy atom. The van der Waals surface area contributed by atoms with E-state index in [2.05, 4.69) is 11.1 Å². The van der Waals surface area contributed by atoms with Gasteiger partial charge >= 0.3 is 0 Å². The molecule has 0 unspecified atom stereocenters. The summed E-state index contributed by atoms with van der Waals surface area (Å²) in [7, 11) is 1.81. The molecule has 0 aliphatic rings. The maximum absolute atomic E-state index is 10.5. The van der Waals surface area contributed by atoms with Crippen LogP contribution in [0.3, 0.4) is 0 Å². The van der Waals surface area contributed by atoms with Crippen LogP contribution in [0, 0.1) is 11.3 Å². The molecule has 25 heavy (non-hydrogen) atoms. The molecule has 7 heteroatoms. The summed E-state index contributed by atoms with van der Waals surface area (Å²) in [6, 6.07) is 14.8. The van der Waals surface area contributed by atoms with Gasteiger partial charge in [0.05, 0.1) is 26.8 Å². The average Bonchev–Trinajstić information content (AvgIpc) is 2.92. The topological polar surface area (TPSA) is 61.8 Å². The fraction of sp³-hybridized carbons (Fsp3) is 0.111. The SMILES string of the molecule is Cn1c(/C(C#N)=C(\O)CSc2c(Cl)cccc2Cl)nc2ccccc21. The highest BCUT2D eigenvalue weighted by molar-refractivity contribution is 7.99. The molecule has 0 spiro atoms. The van der Waals surface area contributed by atoms with Gasteiger partial charge in [0.2, 0.25) is 0 Å². The molecule has 0 saturated heterocycles. The predicted octanol–water partition coefficient (Wildman–Crippen LogP) is 5.47. The molecule has 0 fully saturated rings. The number of aryl methyl sites for hydroxylation is 1. The third-order valence-corrected chi connectivity index (χ3v) is 5.68. The predicted molar refractivity (Wildman–Crippen MR) is 103 cm³/mol. The molecule has 0 aliphatic heterocycles. The van der Waals surface area contributed by atoms with Gasteiger partial charge in [-0.1, -0.05) is 41.4 Å². The number of para-hydroxylation sites is 2. The molecule has 0 radical (unpaired) electrons. The lowest BCUT2D eigenvalue weighted by Gasteiger charge is -2.08. The Bertz CT molecular complexity index is 1000. The summed E-state index contributed by atoms with van der Waals surface area (Å²) < 4.78 is 1.79. The Hall–Kier alpha value is -2.13. The molecule has 1 N–H and O–H groups in total. The summed E-state index contributed by atoms with van der Waals surface area (Å²) in [4.78, 5) is 5.12. The first-order chi connectivity index (χ1) is 12.0. The zero-order valence-corrected chi connectivity index (χ0v) is 15.5. The van der Waals surface area contributed by atoms with Crippen LogP contribution in [0.15, 0.2) is 53.1 Å². The van der Waals surface area contributed by atoms with Crippen LogP contribution in [0.2, 0.25) is 10.0 Å². The molecule has 0 atom stereocenters. The van der Waals surface area contributed by atoms with Crippen molar-refractivity contribution in [2.75, 3.05) is 5.75 Å². The first-order valence-corrected chi connectivity index (χ1v) is 9.08. The Kier molecular flexibility index (Phi) is 5.24. The maximum Gasteiger partial charge on any atom is 0.155 e. The van der Waals surface area contributed by atoms with Gasteiger partial charge in [0.1, 0.15) is 17.4 Å². The standard InChI is InChI=1S/C18H13Cl2N3OS/c1-23-15-8-3-2-7-14(15)22-18(23)11(9-21)16(24)10-25-17-12(19)5-4-6-13(17)20/h2-8,24H,10H2,1H3/b16-11-. The number of rotatable bonds is 4. The Labute approximate surface area is 159 Å². The van der Waals surface area contributed by atoms with Gasteiger partial charge < -0.3 is 9.67 Å². The van der Waals surface area contributed by atoms with Crippen molar-refractivity contribution >= 4 is 51.6 Å². The number of aromatic nitrogens is 2. The molecule has 3 rings (SSSR count). The second kappa shape index (κ2) is 7.40. The molecular formula is C18H13Cl2N3OS. The van der Waals surface area contributed by atoms with Gasteiger partial charge in [0, 0.05) is 11.9 Å². The van der Waals surface area contributed by atoms with Crippen LogP contribution in [0.25, 0.3) is 16.6 Å². The number of hydrogen-bond donors (Lipinski definition) is 1. The third kappa shape index (κ3) is 3.47. The normalized spacial score (nSPS) is 12.1. The molecule has 0 bridgehead atoms. The average molecular weight is 390 g/mol. The van der Waals surface area contributed by atoms with Gasteiger partial charge in [0.25, 0.3) is 0 Å². The van der Waals surface area contributed by atoms with Crippen molar-refractivity contribution in [2.45, 2.75) is 4.90 Å². The van der Waals surface area contributed by atoms with E-state index in [1.807, 2.05) is 31.3 Å². The fourth-order valence-electron chi connectivity index (χ4n) is 2.45. The van der Waals surface area contributed by atoms with Crippen LogP contribution >= 0.6 is 35.0 Å². The van der Waals surface area contributed by atoms with E-state index in [9.17, 15) is 10.4 Å². The van der Waals surface area contributed by atoms with Crippen LogP contribution in [0.1, 0.15) is 5.82 Å². The van der Waals surface area contributed by atoms with E-state index in [0.717, 1.165) is 11.0 Å². The zero-order valence-electron chi connectivity index (χ0n) is 13.2. The smallest absolute Gasteiger partial charge is 0.155 e. The summed E-state index contributed by atoms with van der Waals surface area (Å²) >= 11 is 13.5. The lowest BCUT2D eigenvalue weighted by molar-refractivity contribution is 0.420. The van der Waals surface area contributed by atoms with Gasteiger partial charge in [-0.2, -0.15) is 5.26 Å². The number of fused-ring (bicyclic) bond motifs is 1. The quantitative estimate of drug-likeness (QED) is 0.365. The summed E-state index contributed by atoms with van der Waals surface area (Å²) in [5, 5.41) is 21.0. The monoisotopic (exact) mass is 389 g/mol. The van der Waals surface area contributed by atoms with E-state index in [4.69, 9.17) is 23.2 Å². The lowest BCUT2D eigenvalue weighted by Crippen LogP contribution is -2.01. The molecule has 0 saturated carbocycles. The van der Waals surface area contributed by atoms with Crippen molar-refractivity contribution in [3.8, 4) is 6.07 Å². The molecule has 0 amide bonds. The highest BCUT2D eigenvalue weighted by Gasteiger charge is 2.17. The third-order valence-electron chi connectivity index (χ3n) is 3.68. The molecule has 1 heterocycles. The van der Waals surface area contributed by atoms with Crippen molar-refractivity contribution in [3.63, 3.8) is 0 Å². The lowest BCUT2D eigenvalue weighted by atomic mass is 10.2. The number of aliphatic hydroxyl groups excluding tert-OH is 1. The zero-order chi connectivity index (χ0) is 18.0. The largest absolute Gasteiger partial charge is 0.510 e. The van der Waals surface area contributed by atoms with E-state index in [1.54, 1.807) is 22.8 Å². The van der Waals surface area contributed by atoms with Crippen molar-refractivity contribution in [3.05, 3.63) is 64.1 Å². The number of aliphatic hydroxyl groups is 1. The molecule has 3 aromatic rings. The van der Waals surface area contributed by atoms with Gasteiger partial charge in [-0.3, -0.25) is 0 Å². The summed E-state index contributed by atoms with van der Waals surface area (Å²) in [6.45, 7) is 0. The fourth-order valence-corrected chi connectivity index (χ4v) is 4.01. The van der Waals surface area contributed by atoms with Crippen molar-refractivity contribution in [2.24, 2.45) is 7.05 Å². The molecule has 0 aliphatic carbocycles. The van der Waals surface area contributed by atoms with Crippen LogP contribution < -0.4 is 0 Å². The van der Waals surface area contributed by atoms with E-state index < -0.39 is 0 Å². The van der Waals surface area contributed by atoms with Gasteiger partial charge in [-0.15, -0.1) is 11.8 Å². The summed E-state index contributed by atoms with van der Waals surface area (Å²) in [5.41, 5.74) is 1.79. The number of thioether (sulfide) groups is 1. The van der Waals surface area contributed by atoms with Crippen LogP contribution in [0.4, 0.5) is 0 Å². The van der Waals surface area contributed by atoms with E-state index >= 15 is 0 Å². The number of hydrogen-bond acceptors (Lipinski definition) is 4. The molecule has 4 nitrogen and oxygen atoms in total. The van der Waals surface area contributed by atoms with Gasteiger partial charge in [0.15, 0.2) is 5.82 Å². The number of nitriles is 1. The van der Waals surface area contributed by atoms with Crippen LogP contribution in [0.5, 0.6) is 0 Å². The van der Waals surface area contributed by atoms with E-state index in [-0.39, 0.29) is 17.1 Å². The number of nitrogens with zero attached hydrogens (tertiary/aromatic N) is 3. The molecular weight excluding hydrogens is 377 g/mol. The van der Waals surface area contributed by atoms with Crippen molar-refractivity contribution in [1.82, 2.24) is 9.55 Å². The maximum atomic E-state index is 10.5. The van der Waals surface area contributed by atoms with Gasteiger partial charge in [-0.05, 0) is 24.3 Å². The minimum Gasteiger partial charge on any atom is -0.510 e. The highest BCUT2D eigenvalue weighted by atomic mass is 35.5. The Balaban J connectivity index is 1.95. The number of benzene rings is 2. The van der Waals surface area contributed by atoms with Crippen LogP contribution in [-0.4, -0.2) is 20.4 Å². The van der Waals surface area contributed by atoms with Crippen molar-refractivity contribution in [1.29, 1.82) is 5.26 Å². The summed E-state index contributed by atoms with van der Waals surface area (Å²) in [6.07, 6.45) is 0. The highest BCUT2D eigenvalue weighted by Crippen LogP contribution is 2.35.